The summed E-state index contributed by atoms with van der Waals surface area (Å²) in [6, 6.07) is 12.4. The quantitative estimate of drug-likeness (QED) is 0.719. The third kappa shape index (κ3) is 3.26. The van der Waals surface area contributed by atoms with Crippen LogP contribution in [-0.2, 0) is 6.42 Å². The van der Waals surface area contributed by atoms with Crippen LogP contribution in [0.4, 0.5) is 0 Å². The van der Waals surface area contributed by atoms with Crippen molar-refractivity contribution in [3.63, 3.8) is 0 Å². The summed E-state index contributed by atoms with van der Waals surface area (Å²) < 4.78 is 6.71. The molecule has 122 valence electrons. The molecular formula is C18H15ClN2O3. The second-order valence-corrected chi connectivity index (χ2v) is 5.64. The average molecular weight is 343 g/mol. The number of phenolic OH excluding ortho intramolecular Hbond substituents is 1. The number of carbonyl (C=O) groups is 1. The molecule has 0 radical (unpaired) electrons. The van der Waals surface area contributed by atoms with Gasteiger partial charge in [-0.1, -0.05) is 29.8 Å². The Kier molecular flexibility index (Phi) is 4.53. The predicted molar refractivity (Wildman–Crippen MR) is 91.3 cm³/mol. The fraction of sp³-hybridized carbons (Fsp3) is 0.111. The van der Waals surface area contributed by atoms with Crippen LogP contribution in [-0.4, -0.2) is 27.8 Å². The molecule has 0 unspecified atom stereocenters. The molecule has 0 aliphatic heterocycles. The molecule has 24 heavy (non-hydrogen) atoms. The highest BCUT2D eigenvalue weighted by Crippen LogP contribution is 2.32. The highest BCUT2D eigenvalue weighted by atomic mass is 35.5. The number of halogens is 1. The van der Waals surface area contributed by atoms with E-state index in [0.29, 0.717) is 5.75 Å². The van der Waals surface area contributed by atoms with Crippen molar-refractivity contribution in [1.29, 1.82) is 0 Å². The smallest absolute Gasteiger partial charge is 0.171 e. The number of ether oxygens (including phenoxy) is 1. The number of rotatable bonds is 5. The highest BCUT2D eigenvalue weighted by Gasteiger charge is 2.16. The monoisotopic (exact) mass is 342 g/mol. The zero-order valence-corrected chi connectivity index (χ0v) is 13.7. The molecule has 0 atom stereocenters. The Morgan fingerprint density at radius 3 is 2.75 bits per heavy atom. The van der Waals surface area contributed by atoms with Crippen molar-refractivity contribution in [3.05, 3.63) is 71.0 Å². The highest BCUT2D eigenvalue weighted by molar-refractivity contribution is 6.32. The van der Waals surface area contributed by atoms with Crippen molar-refractivity contribution < 1.29 is 14.6 Å². The Bertz CT molecular complexity index is 875. The zero-order chi connectivity index (χ0) is 17.1. The van der Waals surface area contributed by atoms with E-state index in [1.165, 1.54) is 19.2 Å². The summed E-state index contributed by atoms with van der Waals surface area (Å²) in [5.74, 6) is -0.0796. The normalized spacial score (nSPS) is 10.6. The number of hydrogen-bond acceptors (Lipinski definition) is 4. The number of aromatic nitrogens is 2. The van der Waals surface area contributed by atoms with E-state index in [-0.39, 0.29) is 28.5 Å². The van der Waals surface area contributed by atoms with Crippen LogP contribution >= 0.6 is 11.6 Å². The van der Waals surface area contributed by atoms with Crippen molar-refractivity contribution in [2.45, 2.75) is 6.42 Å². The van der Waals surface area contributed by atoms with Gasteiger partial charge in [0.25, 0.3) is 0 Å². The fourth-order valence-corrected chi connectivity index (χ4v) is 2.62. The Morgan fingerprint density at radius 2 is 2.04 bits per heavy atom. The molecule has 1 heterocycles. The topological polar surface area (TPSA) is 64.3 Å². The lowest BCUT2D eigenvalue weighted by Crippen LogP contribution is -2.04. The maximum absolute atomic E-state index is 12.4. The van der Waals surface area contributed by atoms with Gasteiger partial charge in [-0.15, -0.1) is 0 Å². The van der Waals surface area contributed by atoms with Crippen LogP contribution in [0.3, 0.4) is 0 Å². The van der Waals surface area contributed by atoms with Crippen molar-refractivity contribution in [3.8, 4) is 17.2 Å². The van der Waals surface area contributed by atoms with Crippen LogP contribution in [0.25, 0.3) is 5.69 Å². The van der Waals surface area contributed by atoms with Crippen molar-refractivity contribution in [1.82, 2.24) is 9.78 Å². The number of aromatic hydroxyl groups is 1. The lowest BCUT2D eigenvalue weighted by atomic mass is 10.0. The van der Waals surface area contributed by atoms with Gasteiger partial charge in [0, 0.05) is 18.7 Å². The van der Waals surface area contributed by atoms with Gasteiger partial charge < -0.3 is 9.84 Å². The van der Waals surface area contributed by atoms with Crippen LogP contribution in [0.15, 0.2) is 54.9 Å². The number of para-hydroxylation sites is 1. The van der Waals surface area contributed by atoms with Crippen LogP contribution in [0.1, 0.15) is 15.9 Å². The molecule has 0 fully saturated rings. The van der Waals surface area contributed by atoms with Gasteiger partial charge in [0.05, 0.1) is 29.6 Å². The number of benzene rings is 2. The average Bonchev–Trinajstić information content (AvgIpc) is 3.05. The standard InChI is InChI=1S/C18H15ClN2O3/c1-24-18-9-17(23)14(8-15(18)19)16(22)7-12-10-20-21(11-12)13-5-3-2-4-6-13/h2-6,8-11,23H,7H2,1H3. The molecule has 3 aromatic rings. The van der Waals surface area contributed by atoms with Gasteiger partial charge in [-0.05, 0) is 23.8 Å². The summed E-state index contributed by atoms with van der Waals surface area (Å²) in [7, 11) is 1.44. The Balaban J connectivity index is 1.81. The molecule has 0 bridgehead atoms. The molecule has 5 nitrogen and oxygen atoms in total. The minimum absolute atomic E-state index is 0.114. The molecule has 6 heteroatoms. The third-order valence-corrected chi connectivity index (χ3v) is 3.89. The van der Waals surface area contributed by atoms with Gasteiger partial charge in [-0.2, -0.15) is 5.10 Å². The summed E-state index contributed by atoms with van der Waals surface area (Å²) in [5.41, 5.74) is 1.81. The Morgan fingerprint density at radius 1 is 1.29 bits per heavy atom. The second kappa shape index (κ2) is 6.76. The first kappa shape index (κ1) is 16.1. The lowest BCUT2D eigenvalue weighted by molar-refractivity contribution is 0.0990. The zero-order valence-electron chi connectivity index (χ0n) is 12.9. The first-order chi connectivity index (χ1) is 11.6. The molecule has 1 aromatic heterocycles. The molecule has 0 saturated heterocycles. The fourth-order valence-electron chi connectivity index (χ4n) is 2.38. The Hall–Kier alpha value is -2.79. The van der Waals surface area contributed by atoms with Gasteiger partial charge in [0.15, 0.2) is 5.78 Å². The van der Waals surface area contributed by atoms with Gasteiger partial charge >= 0.3 is 0 Å². The maximum atomic E-state index is 12.4. The number of Topliss-reactive ketones (excluding diaryl/α,β-unsaturated/α-hetero) is 1. The van der Waals surface area contributed by atoms with E-state index in [0.717, 1.165) is 11.3 Å². The molecule has 0 aliphatic rings. The molecule has 3 rings (SSSR count). The molecule has 0 saturated carbocycles. The number of phenols is 1. The number of nitrogens with zero attached hydrogens (tertiary/aromatic N) is 2. The van der Waals surface area contributed by atoms with Crippen LogP contribution < -0.4 is 4.74 Å². The summed E-state index contributed by atoms with van der Waals surface area (Å²) in [4.78, 5) is 12.4. The molecule has 2 aromatic carbocycles. The van der Waals surface area contributed by atoms with E-state index in [9.17, 15) is 9.90 Å². The van der Waals surface area contributed by atoms with E-state index in [1.54, 1.807) is 17.1 Å². The van der Waals surface area contributed by atoms with Crippen LogP contribution in [0, 0.1) is 0 Å². The van der Waals surface area contributed by atoms with Crippen molar-refractivity contribution >= 4 is 17.4 Å². The molecule has 1 N–H and O–H groups in total. The van der Waals surface area contributed by atoms with E-state index in [4.69, 9.17) is 16.3 Å². The predicted octanol–water partition coefficient (Wildman–Crippen LogP) is 3.67. The number of carbonyl (C=O) groups excluding carboxylic acids is 1. The molecular weight excluding hydrogens is 328 g/mol. The number of hydrogen-bond donors (Lipinski definition) is 1. The third-order valence-electron chi connectivity index (χ3n) is 3.59. The van der Waals surface area contributed by atoms with E-state index in [2.05, 4.69) is 5.10 Å². The first-order valence-electron chi connectivity index (χ1n) is 7.27. The summed E-state index contributed by atoms with van der Waals surface area (Å²) in [6.07, 6.45) is 3.53. The maximum Gasteiger partial charge on any atom is 0.171 e. The minimum atomic E-state index is -0.246. The minimum Gasteiger partial charge on any atom is -0.507 e. The Labute approximate surface area is 144 Å². The van der Waals surface area contributed by atoms with E-state index < -0.39 is 0 Å². The number of ketones is 1. The molecule has 0 amide bonds. The van der Waals surface area contributed by atoms with Crippen LogP contribution in [0.2, 0.25) is 5.02 Å². The lowest BCUT2D eigenvalue weighted by Gasteiger charge is -2.08. The molecule has 0 aliphatic carbocycles. The summed E-state index contributed by atoms with van der Waals surface area (Å²) >= 11 is 6.03. The van der Waals surface area contributed by atoms with Crippen LogP contribution in [0.5, 0.6) is 11.5 Å². The van der Waals surface area contributed by atoms with Gasteiger partial charge in [-0.25, -0.2) is 4.68 Å². The second-order valence-electron chi connectivity index (χ2n) is 5.23. The largest absolute Gasteiger partial charge is 0.507 e. The summed E-state index contributed by atoms with van der Waals surface area (Å²) in [5, 5.41) is 14.5. The van der Waals surface area contributed by atoms with E-state index in [1.807, 2.05) is 30.3 Å². The SMILES string of the molecule is COc1cc(O)c(C(=O)Cc2cnn(-c3ccccc3)c2)cc1Cl. The first-order valence-corrected chi connectivity index (χ1v) is 7.65. The molecule has 0 spiro atoms. The van der Waals surface area contributed by atoms with Crippen molar-refractivity contribution in [2.24, 2.45) is 0 Å². The van der Waals surface area contributed by atoms with Crippen molar-refractivity contribution in [2.75, 3.05) is 7.11 Å². The van der Waals surface area contributed by atoms with Gasteiger partial charge in [0.1, 0.15) is 11.5 Å². The summed E-state index contributed by atoms with van der Waals surface area (Å²) in [6.45, 7) is 0. The number of methoxy groups -OCH3 is 1. The van der Waals surface area contributed by atoms with Gasteiger partial charge in [0.2, 0.25) is 0 Å². The van der Waals surface area contributed by atoms with Gasteiger partial charge in [-0.3, -0.25) is 4.79 Å². The van der Waals surface area contributed by atoms with E-state index >= 15 is 0 Å².